The molecule has 0 aliphatic rings. The zero-order valence-electron chi connectivity index (χ0n) is 11.0. The third-order valence-electron chi connectivity index (χ3n) is 3.17. The molecule has 2 heterocycles. The maximum absolute atomic E-state index is 6.20. The average molecular weight is 256 g/mol. The van der Waals surface area contributed by atoms with Gasteiger partial charge in [-0.05, 0) is 18.6 Å². The number of aryl methyl sites for hydroxylation is 2. The van der Waals surface area contributed by atoms with E-state index in [9.17, 15) is 0 Å². The van der Waals surface area contributed by atoms with E-state index in [1.165, 1.54) is 0 Å². The Morgan fingerprint density at radius 1 is 1.26 bits per heavy atom. The van der Waals surface area contributed by atoms with Crippen LogP contribution in [0.3, 0.4) is 0 Å². The van der Waals surface area contributed by atoms with Crippen LogP contribution < -0.4 is 5.73 Å². The van der Waals surface area contributed by atoms with Gasteiger partial charge in [0.2, 0.25) is 0 Å². The normalized spacial score (nSPS) is 11.3. The SMILES string of the molecule is CCCc1nn(C)c(-n2nnc3ccccc32)c1N. The summed E-state index contributed by atoms with van der Waals surface area (Å²) in [5.41, 5.74) is 9.58. The molecule has 19 heavy (non-hydrogen) atoms. The van der Waals surface area contributed by atoms with Gasteiger partial charge in [0, 0.05) is 7.05 Å². The first-order chi connectivity index (χ1) is 9.22. The number of nitrogen functional groups attached to an aromatic ring is 1. The fourth-order valence-electron chi connectivity index (χ4n) is 2.28. The van der Waals surface area contributed by atoms with E-state index in [2.05, 4.69) is 22.3 Å². The smallest absolute Gasteiger partial charge is 0.177 e. The zero-order valence-corrected chi connectivity index (χ0v) is 11.0. The summed E-state index contributed by atoms with van der Waals surface area (Å²) in [6, 6.07) is 7.80. The van der Waals surface area contributed by atoms with Crippen LogP contribution in [0.25, 0.3) is 16.9 Å². The van der Waals surface area contributed by atoms with Crippen molar-refractivity contribution in [2.24, 2.45) is 7.05 Å². The lowest BCUT2D eigenvalue weighted by Crippen LogP contribution is -2.06. The monoisotopic (exact) mass is 256 g/mol. The van der Waals surface area contributed by atoms with E-state index in [0.29, 0.717) is 5.69 Å². The summed E-state index contributed by atoms with van der Waals surface area (Å²) in [5, 5.41) is 12.8. The number of nitrogens with zero attached hydrogens (tertiary/aromatic N) is 5. The second kappa shape index (κ2) is 4.38. The lowest BCUT2D eigenvalue weighted by atomic mass is 10.2. The van der Waals surface area contributed by atoms with Crippen LogP contribution in [0, 0.1) is 0 Å². The first-order valence-electron chi connectivity index (χ1n) is 6.34. The van der Waals surface area contributed by atoms with Crippen LogP contribution in [0.5, 0.6) is 0 Å². The summed E-state index contributed by atoms with van der Waals surface area (Å²) >= 11 is 0. The van der Waals surface area contributed by atoms with Crippen molar-refractivity contribution in [3.63, 3.8) is 0 Å². The van der Waals surface area contributed by atoms with Gasteiger partial charge in [-0.2, -0.15) is 9.78 Å². The molecular formula is C13H16N6. The van der Waals surface area contributed by atoms with Crippen molar-refractivity contribution in [2.45, 2.75) is 19.8 Å². The number of hydrogen-bond donors (Lipinski definition) is 1. The maximum Gasteiger partial charge on any atom is 0.177 e. The number of anilines is 1. The Labute approximate surface area is 110 Å². The van der Waals surface area contributed by atoms with Gasteiger partial charge in [0.15, 0.2) is 5.82 Å². The van der Waals surface area contributed by atoms with Crippen molar-refractivity contribution in [1.29, 1.82) is 0 Å². The molecule has 3 rings (SSSR count). The Hall–Kier alpha value is -2.37. The lowest BCUT2D eigenvalue weighted by Gasteiger charge is -2.03. The van der Waals surface area contributed by atoms with Crippen LogP contribution >= 0.6 is 0 Å². The third-order valence-corrected chi connectivity index (χ3v) is 3.17. The third kappa shape index (κ3) is 1.76. The first-order valence-corrected chi connectivity index (χ1v) is 6.34. The van der Waals surface area contributed by atoms with Gasteiger partial charge in [-0.3, -0.25) is 0 Å². The van der Waals surface area contributed by atoms with Crippen LogP contribution in [0.1, 0.15) is 19.0 Å². The van der Waals surface area contributed by atoms with Gasteiger partial charge < -0.3 is 5.73 Å². The molecule has 98 valence electrons. The van der Waals surface area contributed by atoms with E-state index in [0.717, 1.165) is 35.4 Å². The highest BCUT2D eigenvalue weighted by atomic mass is 15.5. The molecule has 2 N–H and O–H groups in total. The van der Waals surface area contributed by atoms with E-state index < -0.39 is 0 Å². The van der Waals surface area contributed by atoms with Crippen molar-refractivity contribution in [1.82, 2.24) is 24.8 Å². The van der Waals surface area contributed by atoms with Gasteiger partial charge in [0.05, 0.1) is 11.2 Å². The molecule has 0 bridgehead atoms. The molecule has 0 fully saturated rings. The second-order valence-corrected chi connectivity index (χ2v) is 4.55. The van der Waals surface area contributed by atoms with E-state index in [-0.39, 0.29) is 0 Å². The van der Waals surface area contributed by atoms with E-state index in [4.69, 9.17) is 5.73 Å². The molecule has 0 atom stereocenters. The lowest BCUT2D eigenvalue weighted by molar-refractivity contribution is 0.679. The highest BCUT2D eigenvalue weighted by Gasteiger charge is 2.17. The van der Waals surface area contributed by atoms with Crippen LogP contribution in [-0.2, 0) is 13.5 Å². The fourth-order valence-corrected chi connectivity index (χ4v) is 2.28. The zero-order chi connectivity index (χ0) is 13.4. The van der Waals surface area contributed by atoms with Gasteiger partial charge in [0.25, 0.3) is 0 Å². The minimum atomic E-state index is 0.681. The second-order valence-electron chi connectivity index (χ2n) is 4.55. The Kier molecular flexibility index (Phi) is 2.70. The van der Waals surface area contributed by atoms with E-state index >= 15 is 0 Å². The number of hydrogen-bond acceptors (Lipinski definition) is 4. The maximum atomic E-state index is 6.20. The number of rotatable bonds is 3. The van der Waals surface area contributed by atoms with Crippen molar-refractivity contribution in [3.05, 3.63) is 30.0 Å². The molecule has 0 aliphatic carbocycles. The predicted octanol–water partition coefficient (Wildman–Crippen LogP) is 1.69. The van der Waals surface area contributed by atoms with E-state index in [1.54, 1.807) is 9.36 Å². The minimum absolute atomic E-state index is 0.681. The van der Waals surface area contributed by atoms with Crippen LogP contribution in [0.15, 0.2) is 24.3 Å². The number of benzene rings is 1. The molecule has 2 aromatic heterocycles. The van der Waals surface area contributed by atoms with Gasteiger partial charge >= 0.3 is 0 Å². The summed E-state index contributed by atoms with van der Waals surface area (Å²) in [4.78, 5) is 0. The van der Waals surface area contributed by atoms with Crippen LogP contribution in [0.4, 0.5) is 5.69 Å². The molecular weight excluding hydrogens is 240 g/mol. The summed E-state index contributed by atoms with van der Waals surface area (Å²) in [6.07, 6.45) is 1.88. The molecule has 6 nitrogen and oxygen atoms in total. The van der Waals surface area contributed by atoms with Crippen molar-refractivity contribution >= 4 is 16.7 Å². The quantitative estimate of drug-likeness (QED) is 0.773. The van der Waals surface area contributed by atoms with Gasteiger partial charge in [-0.1, -0.05) is 30.7 Å². The minimum Gasteiger partial charge on any atom is -0.394 e. The number of aromatic nitrogens is 5. The standard InChI is InChI=1S/C13H16N6/c1-3-6-10-12(14)13(18(2)16-10)19-11-8-5-4-7-9(11)15-17-19/h4-5,7-8H,3,6,14H2,1-2H3. The van der Waals surface area contributed by atoms with Gasteiger partial charge in [0.1, 0.15) is 11.2 Å². The summed E-state index contributed by atoms with van der Waals surface area (Å²) < 4.78 is 3.51. The fraction of sp³-hybridized carbons (Fsp3) is 0.308. The van der Waals surface area contributed by atoms with Crippen LogP contribution in [0.2, 0.25) is 0 Å². The first kappa shape index (κ1) is 11.7. The molecule has 0 amide bonds. The average Bonchev–Trinajstić information content (AvgIpc) is 2.93. The molecule has 6 heteroatoms. The number of para-hydroxylation sites is 1. The van der Waals surface area contributed by atoms with Crippen molar-refractivity contribution in [2.75, 3.05) is 5.73 Å². The van der Waals surface area contributed by atoms with Crippen molar-refractivity contribution in [3.8, 4) is 5.82 Å². The van der Waals surface area contributed by atoms with Gasteiger partial charge in [-0.15, -0.1) is 5.10 Å². The Morgan fingerprint density at radius 3 is 2.84 bits per heavy atom. The highest BCUT2D eigenvalue weighted by molar-refractivity contribution is 5.77. The Bertz CT molecular complexity index is 724. The summed E-state index contributed by atoms with van der Waals surface area (Å²) in [5.74, 6) is 0.775. The Balaban J connectivity index is 2.21. The van der Waals surface area contributed by atoms with E-state index in [1.807, 2.05) is 31.3 Å². The molecule has 0 radical (unpaired) electrons. The molecule has 0 saturated heterocycles. The van der Waals surface area contributed by atoms with Gasteiger partial charge in [-0.25, -0.2) is 4.68 Å². The number of fused-ring (bicyclic) bond motifs is 1. The molecule has 0 aliphatic heterocycles. The molecule has 0 spiro atoms. The number of nitrogens with two attached hydrogens (primary N) is 1. The summed E-state index contributed by atoms with van der Waals surface area (Å²) in [7, 11) is 1.88. The highest BCUT2D eigenvalue weighted by Crippen LogP contribution is 2.24. The molecule has 3 aromatic rings. The topological polar surface area (TPSA) is 74.5 Å². The Morgan fingerprint density at radius 2 is 2.05 bits per heavy atom. The predicted molar refractivity (Wildman–Crippen MR) is 74.0 cm³/mol. The van der Waals surface area contributed by atoms with Crippen molar-refractivity contribution < 1.29 is 0 Å². The largest absolute Gasteiger partial charge is 0.394 e. The molecule has 1 aromatic carbocycles. The molecule has 0 saturated carbocycles. The molecule has 0 unspecified atom stereocenters. The van der Waals surface area contributed by atoms with Crippen LogP contribution in [-0.4, -0.2) is 24.8 Å². The summed E-state index contributed by atoms with van der Waals surface area (Å²) in [6.45, 7) is 2.11.